The van der Waals surface area contributed by atoms with Crippen LogP contribution in [-0.4, -0.2) is 28.4 Å². The van der Waals surface area contributed by atoms with Crippen molar-refractivity contribution in [1.82, 2.24) is 14.7 Å². The molecule has 0 atom stereocenters. The van der Waals surface area contributed by atoms with E-state index in [1.54, 1.807) is 12.2 Å². The predicted molar refractivity (Wildman–Crippen MR) is 103 cm³/mol. The Bertz CT molecular complexity index is 911. The predicted octanol–water partition coefficient (Wildman–Crippen LogP) is 3.41. The first kappa shape index (κ1) is 17.7. The average molecular weight is 349 g/mol. The molecule has 5 nitrogen and oxygen atoms in total. The van der Waals surface area contributed by atoms with Gasteiger partial charge in [0.2, 0.25) is 5.91 Å². The van der Waals surface area contributed by atoms with Crippen molar-refractivity contribution in [1.29, 1.82) is 0 Å². The first-order valence-electron chi connectivity index (χ1n) is 8.77. The Hall–Kier alpha value is -3.08. The Balaban J connectivity index is 1.48. The molecule has 0 spiro atoms. The molecule has 1 N–H and O–H groups in total. The number of aryl methyl sites for hydroxylation is 1. The molecule has 2 aromatic heterocycles. The van der Waals surface area contributed by atoms with E-state index in [-0.39, 0.29) is 5.91 Å². The van der Waals surface area contributed by atoms with Gasteiger partial charge in [-0.2, -0.15) is 0 Å². The molecule has 2 heterocycles. The van der Waals surface area contributed by atoms with Gasteiger partial charge >= 0.3 is 0 Å². The third kappa shape index (κ3) is 4.72. The van der Waals surface area contributed by atoms with E-state index in [1.165, 1.54) is 5.56 Å². The SMILES string of the molecule is CCOc1ccc(/C=C/C(=O)NCCc2cn3cc(C)ccc3n2)cc1. The molecule has 0 aliphatic carbocycles. The van der Waals surface area contributed by atoms with Crippen molar-refractivity contribution in [3.8, 4) is 5.75 Å². The van der Waals surface area contributed by atoms with Crippen LogP contribution >= 0.6 is 0 Å². The molecule has 0 saturated heterocycles. The summed E-state index contributed by atoms with van der Waals surface area (Å²) in [5, 5.41) is 2.89. The normalized spacial score (nSPS) is 11.2. The minimum absolute atomic E-state index is 0.113. The molecule has 0 fully saturated rings. The Kier molecular flexibility index (Phi) is 5.69. The van der Waals surface area contributed by atoms with Gasteiger partial charge in [0.1, 0.15) is 11.4 Å². The summed E-state index contributed by atoms with van der Waals surface area (Å²) in [5.41, 5.74) is 4.03. The summed E-state index contributed by atoms with van der Waals surface area (Å²) in [6.07, 6.45) is 8.08. The topological polar surface area (TPSA) is 55.6 Å². The van der Waals surface area contributed by atoms with Gasteiger partial charge in [-0.25, -0.2) is 4.98 Å². The van der Waals surface area contributed by atoms with Crippen molar-refractivity contribution in [3.63, 3.8) is 0 Å². The molecule has 1 amide bonds. The highest BCUT2D eigenvalue weighted by atomic mass is 16.5. The number of rotatable bonds is 7. The molecule has 5 heteroatoms. The lowest BCUT2D eigenvalue weighted by atomic mass is 10.2. The molecule has 0 radical (unpaired) electrons. The summed E-state index contributed by atoms with van der Waals surface area (Å²) in [6, 6.07) is 11.7. The molecular weight excluding hydrogens is 326 g/mol. The third-order valence-corrected chi connectivity index (χ3v) is 3.95. The highest BCUT2D eigenvalue weighted by molar-refractivity contribution is 5.91. The van der Waals surface area contributed by atoms with Crippen LogP contribution in [0.1, 0.15) is 23.7 Å². The van der Waals surface area contributed by atoms with Crippen LogP contribution in [0.4, 0.5) is 0 Å². The fourth-order valence-corrected chi connectivity index (χ4v) is 2.66. The molecule has 0 bridgehead atoms. The van der Waals surface area contributed by atoms with Crippen LogP contribution in [0.3, 0.4) is 0 Å². The van der Waals surface area contributed by atoms with Crippen LogP contribution in [0.25, 0.3) is 11.7 Å². The van der Waals surface area contributed by atoms with Gasteiger partial charge in [0, 0.05) is 31.4 Å². The zero-order valence-electron chi connectivity index (χ0n) is 15.1. The number of aromatic nitrogens is 2. The van der Waals surface area contributed by atoms with Crippen LogP contribution in [0, 0.1) is 6.92 Å². The van der Waals surface area contributed by atoms with E-state index in [0.29, 0.717) is 19.6 Å². The van der Waals surface area contributed by atoms with Crippen LogP contribution in [-0.2, 0) is 11.2 Å². The van der Waals surface area contributed by atoms with E-state index < -0.39 is 0 Å². The fourth-order valence-electron chi connectivity index (χ4n) is 2.66. The smallest absolute Gasteiger partial charge is 0.244 e. The van der Waals surface area contributed by atoms with Crippen molar-refractivity contribution in [2.45, 2.75) is 20.3 Å². The zero-order chi connectivity index (χ0) is 18.4. The lowest BCUT2D eigenvalue weighted by Gasteiger charge is -2.02. The summed E-state index contributed by atoms with van der Waals surface area (Å²) in [7, 11) is 0. The van der Waals surface area contributed by atoms with Crippen LogP contribution < -0.4 is 10.1 Å². The average Bonchev–Trinajstić information content (AvgIpc) is 3.03. The van der Waals surface area contributed by atoms with Gasteiger partial charge in [0.25, 0.3) is 0 Å². The maximum atomic E-state index is 11.9. The van der Waals surface area contributed by atoms with E-state index in [4.69, 9.17) is 4.74 Å². The van der Waals surface area contributed by atoms with Gasteiger partial charge in [-0.3, -0.25) is 4.79 Å². The number of nitrogens with zero attached hydrogens (tertiary/aromatic N) is 2. The minimum atomic E-state index is -0.113. The van der Waals surface area contributed by atoms with Crippen molar-refractivity contribution >= 4 is 17.6 Å². The second-order valence-corrected chi connectivity index (χ2v) is 6.08. The van der Waals surface area contributed by atoms with Gasteiger partial charge < -0.3 is 14.5 Å². The van der Waals surface area contributed by atoms with Gasteiger partial charge in [-0.05, 0) is 49.2 Å². The zero-order valence-corrected chi connectivity index (χ0v) is 15.1. The monoisotopic (exact) mass is 349 g/mol. The van der Waals surface area contributed by atoms with E-state index in [2.05, 4.69) is 17.2 Å². The Labute approximate surface area is 153 Å². The Morgan fingerprint density at radius 3 is 2.77 bits per heavy atom. The van der Waals surface area contributed by atoms with Crippen molar-refractivity contribution in [2.24, 2.45) is 0 Å². The number of hydrogen-bond acceptors (Lipinski definition) is 3. The molecule has 0 aliphatic heterocycles. The second kappa shape index (κ2) is 8.34. The molecule has 0 aliphatic rings. The lowest BCUT2D eigenvalue weighted by Crippen LogP contribution is -2.23. The molecule has 0 saturated carbocycles. The van der Waals surface area contributed by atoms with Gasteiger partial charge in [-0.1, -0.05) is 18.2 Å². The maximum absolute atomic E-state index is 11.9. The van der Waals surface area contributed by atoms with Crippen molar-refractivity contribution in [3.05, 3.63) is 71.7 Å². The lowest BCUT2D eigenvalue weighted by molar-refractivity contribution is -0.116. The third-order valence-electron chi connectivity index (χ3n) is 3.95. The second-order valence-electron chi connectivity index (χ2n) is 6.08. The first-order chi connectivity index (χ1) is 12.6. The number of pyridine rings is 1. The number of imidazole rings is 1. The molecule has 0 unspecified atom stereocenters. The molecule has 3 aromatic rings. The molecule has 3 rings (SSSR count). The largest absolute Gasteiger partial charge is 0.494 e. The van der Waals surface area contributed by atoms with Crippen LogP contribution in [0.15, 0.2) is 54.9 Å². The highest BCUT2D eigenvalue weighted by Crippen LogP contribution is 2.13. The van der Waals surface area contributed by atoms with Gasteiger partial charge in [-0.15, -0.1) is 0 Å². The van der Waals surface area contributed by atoms with E-state index in [1.807, 2.05) is 60.1 Å². The summed E-state index contributed by atoms with van der Waals surface area (Å²) in [5.74, 6) is 0.718. The number of fused-ring (bicyclic) bond motifs is 1. The first-order valence-corrected chi connectivity index (χ1v) is 8.77. The number of hydrogen-bond donors (Lipinski definition) is 1. The molecular formula is C21H23N3O2. The molecule has 134 valence electrons. The summed E-state index contributed by atoms with van der Waals surface area (Å²) < 4.78 is 7.41. The van der Waals surface area contributed by atoms with E-state index in [9.17, 15) is 4.79 Å². The maximum Gasteiger partial charge on any atom is 0.244 e. The number of amides is 1. The number of carbonyl (C=O) groups excluding carboxylic acids is 1. The number of benzene rings is 1. The molecule has 26 heavy (non-hydrogen) atoms. The summed E-state index contributed by atoms with van der Waals surface area (Å²) in [4.78, 5) is 16.5. The Morgan fingerprint density at radius 1 is 1.19 bits per heavy atom. The van der Waals surface area contributed by atoms with Crippen LogP contribution in [0.2, 0.25) is 0 Å². The van der Waals surface area contributed by atoms with Crippen molar-refractivity contribution < 1.29 is 9.53 Å². The van der Waals surface area contributed by atoms with E-state index >= 15 is 0 Å². The summed E-state index contributed by atoms with van der Waals surface area (Å²) in [6.45, 7) is 5.19. The highest BCUT2D eigenvalue weighted by Gasteiger charge is 2.02. The Morgan fingerprint density at radius 2 is 2.00 bits per heavy atom. The quantitative estimate of drug-likeness (QED) is 0.665. The summed E-state index contributed by atoms with van der Waals surface area (Å²) >= 11 is 0. The van der Waals surface area contributed by atoms with Crippen molar-refractivity contribution in [2.75, 3.05) is 13.2 Å². The standard InChI is InChI=1S/C21H23N3O2/c1-3-26-19-8-5-17(6-9-19)7-11-21(25)22-13-12-18-15-24-14-16(2)4-10-20(24)23-18/h4-11,14-15H,3,12-13H2,1-2H3,(H,22,25)/b11-7+. The van der Waals surface area contributed by atoms with Gasteiger partial charge in [0.15, 0.2) is 0 Å². The number of ether oxygens (including phenoxy) is 1. The number of carbonyl (C=O) groups is 1. The van der Waals surface area contributed by atoms with Crippen LogP contribution in [0.5, 0.6) is 5.75 Å². The number of nitrogens with one attached hydrogen (secondary N) is 1. The minimum Gasteiger partial charge on any atom is -0.494 e. The van der Waals surface area contributed by atoms with Gasteiger partial charge in [0.05, 0.1) is 12.3 Å². The van der Waals surface area contributed by atoms with E-state index in [0.717, 1.165) is 22.7 Å². The molecule has 1 aromatic carbocycles. The fraction of sp³-hybridized carbons (Fsp3) is 0.238.